The van der Waals surface area contributed by atoms with Crippen LogP contribution in [0.3, 0.4) is 0 Å². The first-order valence-electron chi connectivity index (χ1n) is 9.78. The molecule has 0 spiro atoms. The zero-order chi connectivity index (χ0) is 20.4. The van der Waals surface area contributed by atoms with E-state index in [1.54, 1.807) is 14.2 Å². The number of carbonyl (C=O) groups excluding carboxylic acids is 1. The third-order valence-corrected chi connectivity index (χ3v) is 5.46. The highest BCUT2D eigenvalue weighted by atomic mass is 16.5. The van der Waals surface area contributed by atoms with Crippen molar-refractivity contribution in [3.63, 3.8) is 0 Å². The van der Waals surface area contributed by atoms with Gasteiger partial charge in [0, 0.05) is 37.1 Å². The van der Waals surface area contributed by atoms with Gasteiger partial charge in [-0.25, -0.2) is 0 Å². The molecule has 6 nitrogen and oxygen atoms in total. The summed E-state index contributed by atoms with van der Waals surface area (Å²) in [6.07, 6.45) is 0.413. The lowest BCUT2D eigenvalue weighted by molar-refractivity contribution is -0.132. The summed E-state index contributed by atoms with van der Waals surface area (Å²) in [4.78, 5) is 16.8. The van der Waals surface area contributed by atoms with Gasteiger partial charge in [-0.05, 0) is 49.0 Å². The van der Waals surface area contributed by atoms with Crippen molar-refractivity contribution < 1.29 is 18.7 Å². The van der Waals surface area contributed by atoms with Crippen molar-refractivity contribution in [1.82, 2.24) is 9.80 Å². The normalized spacial score (nSPS) is 14.9. The molecule has 1 saturated heterocycles. The first-order valence-corrected chi connectivity index (χ1v) is 9.78. The number of furan rings is 1. The average molecular weight is 394 g/mol. The van der Waals surface area contributed by atoms with Crippen LogP contribution in [0.5, 0.6) is 11.5 Å². The second-order valence-corrected chi connectivity index (χ2v) is 7.41. The Labute approximate surface area is 170 Å². The number of carbonyl (C=O) groups is 1. The molecule has 1 fully saturated rings. The Hall–Kier alpha value is -2.99. The highest BCUT2D eigenvalue weighted by molar-refractivity contribution is 5.86. The van der Waals surface area contributed by atoms with Gasteiger partial charge >= 0.3 is 0 Å². The summed E-state index contributed by atoms with van der Waals surface area (Å²) in [6.45, 7) is 3.46. The Balaban J connectivity index is 1.54. The molecule has 152 valence electrons. The van der Waals surface area contributed by atoms with Crippen molar-refractivity contribution in [2.75, 3.05) is 47.4 Å². The summed E-state index contributed by atoms with van der Waals surface area (Å²) in [6, 6.07) is 13.6. The van der Waals surface area contributed by atoms with Gasteiger partial charge in [0.15, 0.2) is 11.5 Å². The van der Waals surface area contributed by atoms with E-state index in [4.69, 9.17) is 13.9 Å². The monoisotopic (exact) mass is 394 g/mol. The number of hydrogen-bond acceptors (Lipinski definition) is 5. The van der Waals surface area contributed by atoms with E-state index >= 15 is 0 Å². The van der Waals surface area contributed by atoms with Crippen molar-refractivity contribution in [3.05, 3.63) is 48.0 Å². The van der Waals surface area contributed by atoms with Crippen molar-refractivity contribution >= 4 is 16.9 Å². The molecule has 2 heterocycles. The third kappa shape index (κ3) is 4.07. The quantitative estimate of drug-likeness (QED) is 0.664. The summed E-state index contributed by atoms with van der Waals surface area (Å²) in [5, 5.41) is 0.985. The number of fused-ring (bicyclic) bond motifs is 1. The van der Waals surface area contributed by atoms with Crippen molar-refractivity contribution in [2.45, 2.75) is 6.42 Å². The molecule has 6 heteroatoms. The van der Waals surface area contributed by atoms with Crippen LogP contribution in [-0.4, -0.2) is 63.2 Å². The molecular formula is C23H26N2O4. The molecular weight excluding hydrogens is 368 g/mol. The molecule has 2 aromatic carbocycles. The number of nitrogens with zero attached hydrogens (tertiary/aromatic N) is 2. The first kappa shape index (κ1) is 19.3. The Morgan fingerprint density at radius 1 is 0.966 bits per heavy atom. The van der Waals surface area contributed by atoms with E-state index in [0.717, 1.165) is 54.0 Å². The Morgan fingerprint density at radius 2 is 1.72 bits per heavy atom. The smallest absolute Gasteiger partial charge is 0.227 e. The predicted octanol–water partition coefficient (Wildman–Crippen LogP) is 3.43. The molecule has 0 atom stereocenters. The number of ether oxygens (including phenoxy) is 2. The lowest BCUT2D eigenvalue weighted by Crippen LogP contribution is -2.47. The van der Waals surface area contributed by atoms with Crippen LogP contribution in [0.15, 0.2) is 46.9 Å². The summed E-state index contributed by atoms with van der Waals surface area (Å²) < 4.78 is 16.7. The van der Waals surface area contributed by atoms with Crippen LogP contribution in [0.2, 0.25) is 0 Å². The Kier molecular flexibility index (Phi) is 5.45. The minimum Gasteiger partial charge on any atom is -0.493 e. The van der Waals surface area contributed by atoms with E-state index in [0.29, 0.717) is 17.9 Å². The average Bonchev–Trinajstić information content (AvgIpc) is 3.17. The zero-order valence-electron chi connectivity index (χ0n) is 17.1. The first-order chi connectivity index (χ1) is 14.1. The lowest BCUT2D eigenvalue weighted by Gasteiger charge is -2.32. The standard InChI is InChI=1S/C23H26N2O4/c1-24-8-10-25(11-9-24)23(26)13-16-4-6-19-18(12-16)15-21(29-19)17-5-7-20(27-2)22(14-17)28-3/h4-7,12,14-15H,8-11,13H2,1-3H3. The SMILES string of the molecule is COc1ccc(-c2cc3cc(CC(=O)N4CCN(C)CC4)ccc3o2)cc1OC. The van der Waals surface area contributed by atoms with Crippen molar-refractivity contribution in [2.24, 2.45) is 0 Å². The van der Waals surface area contributed by atoms with Crippen LogP contribution < -0.4 is 9.47 Å². The highest BCUT2D eigenvalue weighted by Gasteiger charge is 2.19. The number of likely N-dealkylation sites (N-methyl/N-ethyl adjacent to an activating group) is 1. The fraction of sp³-hybridized carbons (Fsp3) is 0.348. The molecule has 0 N–H and O–H groups in total. The molecule has 0 radical (unpaired) electrons. The molecule has 0 unspecified atom stereocenters. The van der Waals surface area contributed by atoms with E-state index < -0.39 is 0 Å². The summed E-state index contributed by atoms with van der Waals surface area (Å²) in [5.41, 5.74) is 2.71. The van der Waals surface area contributed by atoms with E-state index in [-0.39, 0.29) is 5.91 Å². The van der Waals surface area contributed by atoms with Gasteiger partial charge in [0.05, 0.1) is 20.6 Å². The molecule has 1 aliphatic rings. The van der Waals surface area contributed by atoms with Crippen LogP contribution in [-0.2, 0) is 11.2 Å². The molecule has 3 aromatic rings. The van der Waals surface area contributed by atoms with E-state index in [1.165, 1.54) is 0 Å². The number of rotatable bonds is 5. The second kappa shape index (κ2) is 8.17. The van der Waals surface area contributed by atoms with Crippen LogP contribution in [0.25, 0.3) is 22.3 Å². The molecule has 1 aliphatic heterocycles. The van der Waals surface area contributed by atoms with Gasteiger partial charge in [-0.3, -0.25) is 4.79 Å². The number of amides is 1. The number of methoxy groups -OCH3 is 2. The molecule has 0 bridgehead atoms. The maximum Gasteiger partial charge on any atom is 0.227 e. The van der Waals surface area contributed by atoms with E-state index in [1.807, 2.05) is 47.4 Å². The minimum atomic E-state index is 0.182. The zero-order valence-corrected chi connectivity index (χ0v) is 17.1. The van der Waals surface area contributed by atoms with E-state index in [2.05, 4.69) is 11.9 Å². The third-order valence-electron chi connectivity index (χ3n) is 5.46. The molecule has 29 heavy (non-hydrogen) atoms. The molecule has 1 aromatic heterocycles. The van der Waals surface area contributed by atoms with Gasteiger partial charge in [0.25, 0.3) is 0 Å². The summed E-state index contributed by atoms with van der Waals surface area (Å²) in [7, 11) is 5.32. The topological polar surface area (TPSA) is 55.2 Å². The molecule has 0 saturated carbocycles. The Bertz CT molecular complexity index is 1020. The largest absolute Gasteiger partial charge is 0.493 e. The molecule has 4 rings (SSSR count). The summed E-state index contributed by atoms with van der Waals surface area (Å²) in [5.74, 6) is 2.27. The maximum atomic E-state index is 12.6. The molecule has 1 amide bonds. The van der Waals surface area contributed by atoms with Gasteiger partial charge in [-0.1, -0.05) is 6.07 Å². The van der Waals surface area contributed by atoms with Crippen molar-refractivity contribution in [1.29, 1.82) is 0 Å². The van der Waals surface area contributed by atoms with Gasteiger partial charge in [0.1, 0.15) is 11.3 Å². The van der Waals surface area contributed by atoms with Crippen molar-refractivity contribution in [3.8, 4) is 22.8 Å². The fourth-order valence-electron chi connectivity index (χ4n) is 3.68. The van der Waals surface area contributed by atoms with Crippen LogP contribution >= 0.6 is 0 Å². The van der Waals surface area contributed by atoms with Crippen LogP contribution in [0, 0.1) is 0 Å². The molecule has 0 aliphatic carbocycles. The Morgan fingerprint density at radius 3 is 2.45 bits per heavy atom. The van der Waals surface area contributed by atoms with Gasteiger partial charge in [0.2, 0.25) is 5.91 Å². The van der Waals surface area contributed by atoms with E-state index in [9.17, 15) is 4.79 Å². The minimum absolute atomic E-state index is 0.182. The fourth-order valence-corrected chi connectivity index (χ4v) is 3.68. The lowest BCUT2D eigenvalue weighted by atomic mass is 10.1. The van der Waals surface area contributed by atoms with Crippen LogP contribution in [0.1, 0.15) is 5.56 Å². The highest BCUT2D eigenvalue weighted by Crippen LogP contribution is 2.35. The predicted molar refractivity (Wildman–Crippen MR) is 113 cm³/mol. The summed E-state index contributed by atoms with van der Waals surface area (Å²) >= 11 is 0. The second-order valence-electron chi connectivity index (χ2n) is 7.41. The van der Waals surface area contributed by atoms with Gasteiger partial charge in [-0.15, -0.1) is 0 Å². The van der Waals surface area contributed by atoms with Gasteiger partial charge in [-0.2, -0.15) is 0 Å². The van der Waals surface area contributed by atoms with Gasteiger partial charge < -0.3 is 23.7 Å². The maximum absolute atomic E-state index is 12.6. The number of benzene rings is 2. The van der Waals surface area contributed by atoms with Crippen LogP contribution in [0.4, 0.5) is 0 Å². The number of hydrogen-bond donors (Lipinski definition) is 0. The number of piperazine rings is 1.